The van der Waals surface area contributed by atoms with E-state index in [0.29, 0.717) is 26.3 Å². The zero-order valence-electron chi connectivity index (χ0n) is 15.5. The van der Waals surface area contributed by atoms with Gasteiger partial charge in [0.25, 0.3) is 0 Å². The van der Waals surface area contributed by atoms with Crippen molar-refractivity contribution >= 4 is 15.7 Å². The van der Waals surface area contributed by atoms with Crippen LogP contribution in [-0.4, -0.2) is 56.8 Å². The molecule has 28 heavy (non-hydrogen) atoms. The molecule has 1 aliphatic heterocycles. The second-order valence-electron chi connectivity index (χ2n) is 6.51. The van der Waals surface area contributed by atoms with E-state index in [0.717, 1.165) is 6.26 Å². The van der Waals surface area contributed by atoms with E-state index in [9.17, 15) is 17.6 Å². The molecule has 1 aromatic carbocycles. The van der Waals surface area contributed by atoms with E-state index in [-0.39, 0.29) is 22.7 Å². The summed E-state index contributed by atoms with van der Waals surface area (Å²) in [5, 5.41) is 2.72. The Balaban J connectivity index is 1.84. The SMILES string of the molecule is CS(=O)(=O)c1cccnc1CNC(=O)C(c1ccccc1F)N1CCOCC1. The summed E-state index contributed by atoms with van der Waals surface area (Å²) in [6.45, 7) is 1.82. The lowest BCUT2D eigenvalue weighted by Gasteiger charge is -2.34. The predicted molar refractivity (Wildman–Crippen MR) is 101 cm³/mol. The van der Waals surface area contributed by atoms with Gasteiger partial charge in [0.15, 0.2) is 9.84 Å². The lowest BCUT2D eigenvalue weighted by Crippen LogP contribution is -2.46. The Labute approximate surface area is 163 Å². The van der Waals surface area contributed by atoms with E-state index in [1.54, 1.807) is 18.2 Å². The van der Waals surface area contributed by atoms with Crippen molar-refractivity contribution in [2.75, 3.05) is 32.6 Å². The third-order valence-corrected chi connectivity index (χ3v) is 5.71. The minimum atomic E-state index is -3.48. The van der Waals surface area contributed by atoms with E-state index in [2.05, 4.69) is 10.3 Å². The number of rotatable bonds is 6. The molecule has 0 saturated carbocycles. The number of amides is 1. The molecule has 1 fully saturated rings. The number of nitrogens with one attached hydrogen (secondary N) is 1. The number of benzene rings is 1. The Morgan fingerprint density at radius 1 is 1.25 bits per heavy atom. The van der Waals surface area contributed by atoms with Gasteiger partial charge >= 0.3 is 0 Å². The molecule has 1 atom stereocenters. The average molecular weight is 407 g/mol. The molecule has 2 aromatic rings. The van der Waals surface area contributed by atoms with Crippen LogP contribution in [0.25, 0.3) is 0 Å². The van der Waals surface area contributed by atoms with Gasteiger partial charge in [-0.25, -0.2) is 12.8 Å². The number of carbonyl (C=O) groups excluding carboxylic acids is 1. The molecule has 3 rings (SSSR count). The molecule has 1 unspecified atom stereocenters. The first-order valence-corrected chi connectivity index (χ1v) is 10.7. The number of sulfone groups is 1. The third-order valence-electron chi connectivity index (χ3n) is 4.54. The van der Waals surface area contributed by atoms with Crippen molar-refractivity contribution in [1.29, 1.82) is 0 Å². The molecule has 0 aliphatic carbocycles. The van der Waals surface area contributed by atoms with E-state index >= 15 is 0 Å². The second kappa shape index (κ2) is 8.76. The number of halogens is 1. The molecule has 150 valence electrons. The monoisotopic (exact) mass is 407 g/mol. The zero-order valence-corrected chi connectivity index (χ0v) is 16.3. The first-order chi connectivity index (χ1) is 13.4. The van der Waals surface area contributed by atoms with Crippen molar-refractivity contribution in [3.63, 3.8) is 0 Å². The van der Waals surface area contributed by atoms with Crippen LogP contribution in [0.5, 0.6) is 0 Å². The molecule has 2 heterocycles. The molecule has 1 N–H and O–H groups in total. The smallest absolute Gasteiger partial charge is 0.242 e. The molecule has 1 aromatic heterocycles. The summed E-state index contributed by atoms with van der Waals surface area (Å²) in [5.41, 5.74) is 0.513. The average Bonchev–Trinajstić information content (AvgIpc) is 2.68. The van der Waals surface area contributed by atoms with Gasteiger partial charge in [0, 0.05) is 31.1 Å². The van der Waals surface area contributed by atoms with Crippen LogP contribution in [0.3, 0.4) is 0 Å². The van der Waals surface area contributed by atoms with E-state index in [4.69, 9.17) is 4.74 Å². The fraction of sp³-hybridized carbons (Fsp3) is 0.368. The van der Waals surface area contributed by atoms with E-state index < -0.39 is 27.6 Å². The normalized spacial score (nSPS) is 16.5. The van der Waals surface area contributed by atoms with Crippen LogP contribution in [0.15, 0.2) is 47.5 Å². The van der Waals surface area contributed by atoms with Gasteiger partial charge in [-0.2, -0.15) is 0 Å². The van der Waals surface area contributed by atoms with Crippen LogP contribution in [0, 0.1) is 5.82 Å². The highest BCUT2D eigenvalue weighted by atomic mass is 32.2. The first-order valence-electron chi connectivity index (χ1n) is 8.86. The van der Waals surface area contributed by atoms with E-state index in [1.165, 1.54) is 24.4 Å². The Morgan fingerprint density at radius 3 is 2.64 bits per heavy atom. The lowest BCUT2D eigenvalue weighted by molar-refractivity contribution is -0.128. The summed E-state index contributed by atoms with van der Waals surface area (Å²) in [5.74, 6) is -0.888. The highest BCUT2D eigenvalue weighted by Gasteiger charge is 2.31. The van der Waals surface area contributed by atoms with Crippen molar-refractivity contribution in [3.05, 3.63) is 59.7 Å². The fourth-order valence-electron chi connectivity index (χ4n) is 3.20. The van der Waals surface area contributed by atoms with Crippen LogP contribution in [-0.2, 0) is 25.9 Å². The van der Waals surface area contributed by atoms with Crippen molar-refractivity contribution < 1.29 is 22.3 Å². The number of morpholine rings is 1. The Kier molecular flexibility index (Phi) is 6.38. The van der Waals surface area contributed by atoms with Gasteiger partial charge < -0.3 is 10.1 Å². The van der Waals surface area contributed by atoms with Gasteiger partial charge in [0.2, 0.25) is 5.91 Å². The zero-order chi connectivity index (χ0) is 20.1. The molecule has 0 bridgehead atoms. The van der Waals surface area contributed by atoms with Crippen LogP contribution in [0.2, 0.25) is 0 Å². The Bertz CT molecular complexity index is 946. The number of aromatic nitrogens is 1. The van der Waals surface area contributed by atoms with Crippen LogP contribution >= 0.6 is 0 Å². The minimum absolute atomic E-state index is 0.0594. The van der Waals surface area contributed by atoms with Crippen LogP contribution in [0.4, 0.5) is 4.39 Å². The maximum atomic E-state index is 14.4. The summed E-state index contributed by atoms with van der Waals surface area (Å²) in [7, 11) is -3.48. The minimum Gasteiger partial charge on any atom is -0.379 e. The molecule has 1 amide bonds. The van der Waals surface area contributed by atoms with Gasteiger partial charge in [-0.1, -0.05) is 18.2 Å². The summed E-state index contributed by atoms with van der Waals surface area (Å²) < 4.78 is 43.6. The quantitative estimate of drug-likeness (QED) is 0.777. The van der Waals surface area contributed by atoms with Gasteiger partial charge in [0.1, 0.15) is 11.9 Å². The second-order valence-corrected chi connectivity index (χ2v) is 8.49. The maximum Gasteiger partial charge on any atom is 0.242 e. The molecular formula is C19H22FN3O4S. The molecule has 0 radical (unpaired) electrons. The van der Waals surface area contributed by atoms with Crippen LogP contribution in [0.1, 0.15) is 17.3 Å². The highest BCUT2D eigenvalue weighted by molar-refractivity contribution is 7.90. The number of carbonyl (C=O) groups is 1. The standard InChI is InChI=1S/C19H22FN3O4S/c1-28(25,26)17-7-4-8-21-16(17)13-22-19(24)18(23-9-11-27-12-10-23)14-5-2-3-6-15(14)20/h2-8,18H,9-13H2,1H3,(H,22,24). The molecule has 9 heteroatoms. The van der Waals surface area contributed by atoms with Gasteiger partial charge in [0.05, 0.1) is 30.3 Å². The Hall–Kier alpha value is -2.36. The van der Waals surface area contributed by atoms with Gasteiger partial charge in [-0.3, -0.25) is 14.7 Å². The van der Waals surface area contributed by atoms with Crippen molar-refractivity contribution in [2.45, 2.75) is 17.5 Å². The number of ether oxygens (including phenoxy) is 1. The van der Waals surface area contributed by atoms with Crippen LogP contribution < -0.4 is 5.32 Å². The first kappa shape index (κ1) is 20.4. The van der Waals surface area contributed by atoms with Crippen molar-refractivity contribution in [1.82, 2.24) is 15.2 Å². The van der Waals surface area contributed by atoms with Gasteiger partial charge in [-0.05, 0) is 18.2 Å². The summed E-state index contributed by atoms with van der Waals surface area (Å²) in [4.78, 5) is 19.0. The number of hydrogen-bond donors (Lipinski definition) is 1. The lowest BCUT2D eigenvalue weighted by atomic mass is 10.0. The summed E-state index contributed by atoms with van der Waals surface area (Å²) in [6.07, 6.45) is 2.55. The molecule has 1 saturated heterocycles. The summed E-state index contributed by atoms with van der Waals surface area (Å²) in [6, 6.07) is 8.28. The molecule has 1 aliphatic rings. The highest BCUT2D eigenvalue weighted by Crippen LogP contribution is 2.25. The van der Waals surface area contributed by atoms with Gasteiger partial charge in [-0.15, -0.1) is 0 Å². The Morgan fingerprint density at radius 2 is 1.96 bits per heavy atom. The predicted octanol–water partition coefficient (Wildman–Crippen LogP) is 1.31. The third kappa shape index (κ3) is 4.73. The maximum absolute atomic E-state index is 14.4. The fourth-order valence-corrected chi connectivity index (χ4v) is 4.08. The largest absolute Gasteiger partial charge is 0.379 e. The van der Waals surface area contributed by atoms with Crippen molar-refractivity contribution in [2.24, 2.45) is 0 Å². The topological polar surface area (TPSA) is 88.6 Å². The molecule has 0 spiro atoms. The van der Waals surface area contributed by atoms with E-state index in [1.807, 2.05) is 4.90 Å². The number of pyridine rings is 1. The number of nitrogens with zero attached hydrogens (tertiary/aromatic N) is 2. The molecular weight excluding hydrogens is 385 g/mol. The summed E-state index contributed by atoms with van der Waals surface area (Å²) >= 11 is 0. The number of hydrogen-bond acceptors (Lipinski definition) is 6. The molecule has 7 nitrogen and oxygen atoms in total. The van der Waals surface area contributed by atoms with Crippen molar-refractivity contribution in [3.8, 4) is 0 Å².